The zero-order chi connectivity index (χ0) is 15.0. The number of anilines is 2. The van der Waals surface area contributed by atoms with E-state index in [0.29, 0.717) is 10.7 Å². The summed E-state index contributed by atoms with van der Waals surface area (Å²) in [5, 5.41) is 3.51. The van der Waals surface area contributed by atoms with Crippen LogP contribution in [0.4, 0.5) is 11.4 Å². The van der Waals surface area contributed by atoms with E-state index in [2.05, 4.69) is 26.0 Å². The van der Waals surface area contributed by atoms with E-state index in [1.165, 1.54) is 0 Å². The molecule has 0 aliphatic carbocycles. The van der Waals surface area contributed by atoms with Gasteiger partial charge in [-0.1, -0.05) is 33.6 Å². The Kier molecular flexibility index (Phi) is 3.86. The van der Waals surface area contributed by atoms with Gasteiger partial charge in [-0.25, -0.2) is 8.42 Å². The maximum atomic E-state index is 12.4. The smallest absolute Gasteiger partial charge is 0.262 e. The van der Waals surface area contributed by atoms with Gasteiger partial charge >= 0.3 is 0 Å². The highest BCUT2D eigenvalue weighted by Gasteiger charge is 2.19. The predicted molar refractivity (Wildman–Crippen MR) is 88.6 cm³/mol. The van der Waals surface area contributed by atoms with Crippen LogP contribution in [0.25, 0.3) is 0 Å². The molecule has 0 aromatic heterocycles. The largest absolute Gasteiger partial charge is 0.384 e. The van der Waals surface area contributed by atoms with Crippen LogP contribution >= 0.6 is 27.5 Å². The van der Waals surface area contributed by atoms with Gasteiger partial charge in [-0.05, 0) is 42.3 Å². The average Bonchev–Trinajstić information content (AvgIpc) is 2.89. The molecule has 0 fully saturated rings. The van der Waals surface area contributed by atoms with Crippen molar-refractivity contribution in [3.8, 4) is 0 Å². The van der Waals surface area contributed by atoms with Crippen LogP contribution < -0.4 is 10.0 Å². The van der Waals surface area contributed by atoms with E-state index >= 15 is 0 Å². The summed E-state index contributed by atoms with van der Waals surface area (Å²) in [6, 6.07) is 10.1. The highest BCUT2D eigenvalue weighted by Crippen LogP contribution is 2.30. The van der Waals surface area contributed by atoms with Crippen molar-refractivity contribution in [2.75, 3.05) is 16.6 Å². The Morgan fingerprint density at radius 2 is 2.00 bits per heavy atom. The molecule has 2 N–H and O–H groups in total. The van der Waals surface area contributed by atoms with E-state index in [1.54, 1.807) is 30.3 Å². The third-order valence-corrected chi connectivity index (χ3v) is 5.45. The van der Waals surface area contributed by atoms with Crippen LogP contribution in [-0.2, 0) is 16.4 Å². The maximum absolute atomic E-state index is 12.4. The van der Waals surface area contributed by atoms with Crippen LogP contribution in [0.15, 0.2) is 45.8 Å². The van der Waals surface area contributed by atoms with Gasteiger partial charge in [0, 0.05) is 16.7 Å². The van der Waals surface area contributed by atoms with E-state index in [1.807, 2.05) is 6.07 Å². The van der Waals surface area contributed by atoms with Crippen molar-refractivity contribution in [1.82, 2.24) is 0 Å². The van der Waals surface area contributed by atoms with Crippen molar-refractivity contribution in [3.63, 3.8) is 0 Å². The highest BCUT2D eigenvalue weighted by atomic mass is 79.9. The molecular weight excluding hydrogens is 376 g/mol. The minimum atomic E-state index is -3.66. The first kappa shape index (κ1) is 14.7. The number of halogens is 2. The summed E-state index contributed by atoms with van der Waals surface area (Å²) in [7, 11) is -3.66. The van der Waals surface area contributed by atoms with Gasteiger partial charge in [0.2, 0.25) is 0 Å². The van der Waals surface area contributed by atoms with Crippen LogP contribution in [0.3, 0.4) is 0 Å². The van der Waals surface area contributed by atoms with E-state index in [9.17, 15) is 8.42 Å². The minimum Gasteiger partial charge on any atom is -0.384 e. The lowest BCUT2D eigenvalue weighted by atomic mass is 10.2. The molecule has 0 radical (unpaired) electrons. The van der Waals surface area contributed by atoms with Crippen molar-refractivity contribution in [1.29, 1.82) is 0 Å². The lowest BCUT2D eigenvalue weighted by Crippen LogP contribution is -2.13. The van der Waals surface area contributed by atoms with Crippen molar-refractivity contribution in [2.24, 2.45) is 0 Å². The molecule has 3 rings (SSSR count). The molecule has 0 saturated carbocycles. The summed E-state index contributed by atoms with van der Waals surface area (Å²) in [5.74, 6) is 0. The third-order valence-electron chi connectivity index (χ3n) is 3.28. The molecule has 1 aliphatic heterocycles. The minimum absolute atomic E-state index is 0.217. The Hall–Kier alpha value is -1.24. The first-order valence-electron chi connectivity index (χ1n) is 6.30. The van der Waals surface area contributed by atoms with Gasteiger partial charge in [0.25, 0.3) is 10.0 Å². The summed E-state index contributed by atoms with van der Waals surface area (Å²) in [6.07, 6.45) is 0.918. The molecule has 0 bridgehead atoms. The Labute approximate surface area is 136 Å². The number of benzene rings is 2. The molecule has 0 saturated heterocycles. The van der Waals surface area contributed by atoms with Gasteiger partial charge in [-0.3, -0.25) is 4.72 Å². The third kappa shape index (κ3) is 3.02. The molecule has 1 heterocycles. The zero-order valence-electron chi connectivity index (χ0n) is 10.9. The fraction of sp³-hybridized carbons (Fsp3) is 0.143. The topological polar surface area (TPSA) is 58.2 Å². The molecule has 21 heavy (non-hydrogen) atoms. The van der Waals surface area contributed by atoms with Gasteiger partial charge in [0.1, 0.15) is 0 Å². The molecule has 0 amide bonds. The quantitative estimate of drug-likeness (QED) is 0.840. The summed E-state index contributed by atoms with van der Waals surface area (Å²) < 4.78 is 28.2. The van der Waals surface area contributed by atoms with Gasteiger partial charge in [0.15, 0.2) is 0 Å². The second-order valence-corrected chi connectivity index (χ2v) is 7.73. The molecule has 1 aliphatic rings. The number of nitrogens with one attached hydrogen (secondary N) is 2. The molecule has 0 atom stereocenters. The second-order valence-electron chi connectivity index (χ2n) is 4.73. The Bertz CT molecular complexity index is 809. The molecule has 7 heteroatoms. The molecule has 110 valence electrons. The van der Waals surface area contributed by atoms with Crippen molar-refractivity contribution in [3.05, 3.63) is 51.5 Å². The van der Waals surface area contributed by atoms with Crippen LogP contribution in [0, 0.1) is 0 Å². The summed E-state index contributed by atoms with van der Waals surface area (Å²) in [5.41, 5.74) is 2.36. The molecule has 0 spiro atoms. The lowest BCUT2D eigenvalue weighted by Gasteiger charge is -2.11. The standard InChI is InChI=1S/C14H12BrClN2O2S/c15-10-2-4-13(12(16)7-10)18-21(19,20)11-3-1-9-5-6-17-14(9)8-11/h1-4,7-8,17-18H,5-6H2. The lowest BCUT2D eigenvalue weighted by molar-refractivity contribution is 0.601. The molecule has 2 aromatic rings. The van der Waals surface area contributed by atoms with Gasteiger partial charge in [-0.15, -0.1) is 0 Å². The number of rotatable bonds is 3. The summed E-state index contributed by atoms with van der Waals surface area (Å²) in [4.78, 5) is 0.217. The highest BCUT2D eigenvalue weighted by molar-refractivity contribution is 9.10. The molecule has 0 unspecified atom stereocenters. The second kappa shape index (κ2) is 5.51. The van der Waals surface area contributed by atoms with E-state index in [-0.39, 0.29) is 4.90 Å². The fourth-order valence-corrected chi connectivity index (χ4v) is 4.10. The fourth-order valence-electron chi connectivity index (χ4n) is 2.21. The van der Waals surface area contributed by atoms with E-state index in [0.717, 1.165) is 28.7 Å². The van der Waals surface area contributed by atoms with Crippen molar-refractivity contribution >= 4 is 48.9 Å². The first-order valence-corrected chi connectivity index (χ1v) is 8.96. The van der Waals surface area contributed by atoms with Crippen LogP contribution in [-0.4, -0.2) is 15.0 Å². The Morgan fingerprint density at radius 3 is 2.76 bits per heavy atom. The Morgan fingerprint density at radius 1 is 1.19 bits per heavy atom. The van der Waals surface area contributed by atoms with Crippen molar-refractivity contribution < 1.29 is 8.42 Å². The van der Waals surface area contributed by atoms with Crippen molar-refractivity contribution in [2.45, 2.75) is 11.3 Å². The van der Waals surface area contributed by atoms with Crippen LogP contribution in [0.1, 0.15) is 5.56 Å². The van der Waals surface area contributed by atoms with E-state index < -0.39 is 10.0 Å². The van der Waals surface area contributed by atoms with Crippen LogP contribution in [0.2, 0.25) is 5.02 Å². The van der Waals surface area contributed by atoms with Gasteiger partial charge in [0.05, 0.1) is 15.6 Å². The normalized spacial score (nSPS) is 13.6. The first-order chi connectivity index (χ1) is 9.95. The number of hydrogen-bond acceptors (Lipinski definition) is 3. The maximum Gasteiger partial charge on any atom is 0.262 e. The molecule has 2 aromatic carbocycles. The van der Waals surface area contributed by atoms with E-state index in [4.69, 9.17) is 11.6 Å². The Balaban J connectivity index is 1.93. The molecule has 4 nitrogen and oxygen atoms in total. The molecular formula is C14H12BrClN2O2S. The number of fused-ring (bicyclic) bond motifs is 1. The van der Waals surface area contributed by atoms with Gasteiger partial charge in [-0.2, -0.15) is 0 Å². The number of sulfonamides is 1. The van der Waals surface area contributed by atoms with Crippen LogP contribution in [0.5, 0.6) is 0 Å². The number of hydrogen-bond donors (Lipinski definition) is 2. The SMILES string of the molecule is O=S(=O)(Nc1ccc(Br)cc1Cl)c1ccc2c(c1)NCC2. The monoisotopic (exact) mass is 386 g/mol. The average molecular weight is 388 g/mol. The summed E-state index contributed by atoms with van der Waals surface area (Å²) >= 11 is 9.33. The summed E-state index contributed by atoms with van der Waals surface area (Å²) in [6.45, 7) is 0.838. The zero-order valence-corrected chi connectivity index (χ0v) is 14.0. The van der Waals surface area contributed by atoms with Gasteiger partial charge < -0.3 is 5.32 Å². The predicted octanol–water partition coefficient (Wildman–Crippen LogP) is 3.87.